The van der Waals surface area contributed by atoms with E-state index in [4.69, 9.17) is 10.2 Å². The van der Waals surface area contributed by atoms with Crippen molar-refractivity contribution in [2.75, 3.05) is 0 Å². The molecule has 0 heterocycles. The molecule has 0 aliphatic rings. The van der Waals surface area contributed by atoms with E-state index in [2.05, 4.69) is 41.5 Å². The van der Waals surface area contributed by atoms with E-state index >= 15 is 0 Å². The van der Waals surface area contributed by atoms with E-state index in [9.17, 15) is 9.59 Å². The summed E-state index contributed by atoms with van der Waals surface area (Å²) in [6.07, 6.45) is 39.8. The second kappa shape index (κ2) is 56.1. The van der Waals surface area contributed by atoms with Gasteiger partial charge in [-0.2, -0.15) is 0 Å². The van der Waals surface area contributed by atoms with E-state index in [1.807, 2.05) is 0 Å². The Morgan fingerprint density at radius 1 is 0.289 bits per heavy atom. The molecule has 0 bridgehead atoms. The van der Waals surface area contributed by atoms with Crippen LogP contribution in [0.1, 0.15) is 247 Å². The fraction of sp³-hybridized carbons (Fsp3) is 0.950. The predicted molar refractivity (Wildman–Crippen MR) is 203 cm³/mol. The first-order chi connectivity index (χ1) is 21.4. The quantitative estimate of drug-likeness (QED) is 0.0567. The van der Waals surface area contributed by atoms with Gasteiger partial charge in [-0.25, -0.2) is 0 Å². The summed E-state index contributed by atoms with van der Waals surface area (Å²) in [5.41, 5.74) is 0. The van der Waals surface area contributed by atoms with Gasteiger partial charge in [0.05, 0.1) is 0 Å². The van der Waals surface area contributed by atoms with Crippen molar-refractivity contribution in [3.63, 3.8) is 0 Å². The molecule has 0 fully saturated rings. The molecule has 0 rings (SSSR count). The summed E-state index contributed by atoms with van der Waals surface area (Å²) >= 11 is 0. The molecule has 0 unspecified atom stereocenters. The molecule has 0 aliphatic carbocycles. The second-order valence-electron chi connectivity index (χ2n) is 12.8. The van der Waals surface area contributed by atoms with E-state index in [1.165, 1.54) is 167 Å². The SMILES string of the molecule is CCCC.CCCC.CCCCCCCCCCCCCCCC(=O)O.CCCCCCCCCCCCCCCC(=O)O.[Sn]. The Morgan fingerprint density at radius 2 is 0.444 bits per heavy atom. The van der Waals surface area contributed by atoms with Crippen LogP contribution in [0.15, 0.2) is 0 Å². The number of carboxylic acids is 2. The zero-order valence-electron chi connectivity index (χ0n) is 31.8. The van der Waals surface area contributed by atoms with Crippen molar-refractivity contribution < 1.29 is 19.8 Å². The zero-order valence-corrected chi connectivity index (χ0v) is 34.7. The van der Waals surface area contributed by atoms with Gasteiger partial charge < -0.3 is 10.2 Å². The third-order valence-corrected chi connectivity index (χ3v) is 7.99. The Balaban J connectivity index is -0.000000187. The average molecular weight is 748 g/mol. The van der Waals surface area contributed by atoms with Crippen LogP contribution >= 0.6 is 0 Å². The minimum Gasteiger partial charge on any atom is -0.481 e. The van der Waals surface area contributed by atoms with Crippen molar-refractivity contribution in [2.45, 2.75) is 247 Å². The van der Waals surface area contributed by atoms with Gasteiger partial charge in [0.25, 0.3) is 0 Å². The van der Waals surface area contributed by atoms with Crippen LogP contribution in [0.3, 0.4) is 0 Å². The van der Waals surface area contributed by atoms with Gasteiger partial charge in [-0.15, -0.1) is 0 Å². The Morgan fingerprint density at radius 3 is 0.578 bits per heavy atom. The largest absolute Gasteiger partial charge is 0.481 e. The summed E-state index contributed by atoms with van der Waals surface area (Å²) in [5, 5.41) is 17.0. The standard InChI is InChI=1S/2C16H32O2.2C4H10.Sn/c2*1-2-3-4-5-6-7-8-9-10-11-12-13-14-15-16(17)18;2*1-3-4-2;/h2*2-15H2,1H3,(H,17,18);2*3-4H2,1-2H3;. The smallest absolute Gasteiger partial charge is 0.303 e. The van der Waals surface area contributed by atoms with E-state index in [1.54, 1.807) is 0 Å². The first-order valence-corrected chi connectivity index (χ1v) is 19.8. The number of hydrogen-bond donors (Lipinski definition) is 2. The first-order valence-electron chi connectivity index (χ1n) is 19.8. The number of aliphatic carboxylic acids is 2. The molecule has 0 saturated carbocycles. The first kappa shape index (κ1) is 54.2. The van der Waals surface area contributed by atoms with Gasteiger partial charge in [0.2, 0.25) is 0 Å². The minimum atomic E-state index is -0.655. The molecule has 0 atom stereocenters. The summed E-state index contributed by atoms with van der Waals surface area (Å²) in [6.45, 7) is 13.2. The van der Waals surface area contributed by atoms with E-state index in [0.29, 0.717) is 12.8 Å². The van der Waals surface area contributed by atoms with Gasteiger partial charge in [-0.05, 0) is 12.8 Å². The number of carboxylic acid groups (broad SMARTS) is 2. The van der Waals surface area contributed by atoms with Crippen molar-refractivity contribution in [1.82, 2.24) is 0 Å². The Kier molecular flexibility index (Phi) is 67.6. The second-order valence-corrected chi connectivity index (χ2v) is 12.8. The summed E-state index contributed by atoms with van der Waals surface area (Å²) in [5.74, 6) is -1.31. The maximum absolute atomic E-state index is 10.3. The Bertz CT molecular complexity index is 451. The van der Waals surface area contributed by atoms with Crippen molar-refractivity contribution in [3.8, 4) is 0 Å². The normalized spacial score (nSPS) is 9.91. The molecule has 45 heavy (non-hydrogen) atoms. The van der Waals surface area contributed by atoms with Crippen molar-refractivity contribution in [1.29, 1.82) is 0 Å². The van der Waals surface area contributed by atoms with E-state index < -0.39 is 11.9 Å². The van der Waals surface area contributed by atoms with Gasteiger partial charge >= 0.3 is 11.9 Å². The molecule has 5 heteroatoms. The van der Waals surface area contributed by atoms with Gasteiger partial charge in [0.15, 0.2) is 0 Å². The zero-order chi connectivity index (χ0) is 33.8. The molecule has 272 valence electrons. The average Bonchev–Trinajstić information content (AvgIpc) is 3.02. The number of hydrogen-bond acceptors (Lipinski definition) is 2. The van der Waals surface area contributed by atoms with Gasteiger partial charge in [-0.1, -0.05) is 221 Å². The van der Waals surface area contributed by atoms with Gasteiger partial charge in [0, 0.05) is 36.7 Å². The molecule has 0 aromatic carbocycles. The Labute approximate surface area is 301 Å². The van der Waals surface area contributed by atoms with Gasteiger partial charge in [0.1, 0.15) is 0 Å². The fourth-order valence-corrected chi connectivity index (χ4v) is 4.59. The third kappa shape index (κ3) is 75.6. The van der Waals surface area contributed by atoms with Gasteiger partial charge in [-0.3, -0.25) is 9.59 Å². The molecule has 4 nitrogen and oxygen atoms in total. The maximum atomic E-state index is 10.3. The van der Waals surface area contributed by atoms with Crippen LogP contribution in [0.4, 0.5) is 0 Å². The molecule has 2 N–H and O–H groups in total. The van der Waals surface area contributed by atoms with Crippen molar-refractivity contribution >= 4 is 35.8 Å². The summed E-state index contributed by atoms with van der Waals surface area (Å²) < 4.78 is 0. The van der Waals surface area contributed by atoms with Crippen LogP contribution in [0.25, 0.3) is 0 Å². The van der Waals surface area contributed by atoms with Crippen LogP contribution in [-0.4, -0.2) is 46.1 Å². The van der Waals surface area contributed by atoms with Crippen molar-refractivity contribution in [3.05, 3.63) is 0 Å². The summed E-state index contributed by atoms with van der Waals surface area (Å²) in [4.78, 5) is 20.6. The minimum absolute atomic E-state index is 0. The Hall–Kier alpha value is -0.261. The summed E-state index contributed by atoms with van der Waals surface area (Å²) in [7, 11) is 0. The molecule has 0 saturated heterocycles. The third-order valence-electron chi connectivity index (χ3n) is 7.99. The number of rotatable bonds is 30. The van der Waals surface area contributed by atoms with Crippen LogP contribution < -0.4 is 0 Å². The maximum Gasteiger partial charge on any atom is 0.303 e. The topological polar surface area (TPSA) is 74.6 Å². The van der Waals surface area contributed by atoms with Crippen LogP contribution in [-0.2, 0) is 9.59 Å². The molecular formula is C40H84O4Sn. The predicted octanol–water partition coefficient (Wildman–Crippen LogP) is 14.3. The molecule has 0 aliphatic heterocycles. The monoisotopic (exact) mass is 749 g/mol. The molecule has 0 aromatic heterocycles. The molecule has 4 radical (unpaired) electrons. The molecule has 0 amide bonds. The molecule has 0 aromatic rings. The number of unbranched alkanes of at least 4 members (excludes halogenated alkanes) is 26. The van der Waals surface area contributed by atoms with Crippen LogP contribution in [0, 0.1) is 0 Å². The molecule has 0 spiro atoms. The van der Waals surface area contributed by atoms with Crippen LogP contribution in [0.5, 0.6) is 0 Å². The number of carbonyl (C=O) groups is 2. The van der Waals surface area contributed by atoms with Crippen molar-refractivity contribution in [2.24, 2.45) is 0 Å². The van der Waals surface area contributed by atoms with E-state index in [-0.39, 0.29) is 23.9 Å². The van der Waals surface area contributed by atoms with Crippen LogP contribution in [0.2, 0.25) is 0 Å². The summed E-state index contributed by atoms with van der Waals surface area (Å²) in [6, 6.07) is 0. The molecular weight excluding hydrogens is 663 g/mol. The fourth-order valence-electron chi connectivity index (χ4n) is 4.59. The van der Waals surface area contributed by atoms with E-state index in [0.717, 1.165) is 25.7 Å².